The van der Waals surface area contributed by atoms with Gasteiger partial charge in [0.15, 0.2) is 0 Å². The van der Waals surface area contributed by atoms with Gasteiger partial charge in [-0.2, -0.15) is 0 Å². The summed E-state index contributed by atoms with van der Waals surface area (Å²) in [5.41, 5.74) is 4.30. The lowest BCUT2D eigenvalue weighted by molar-refractivity contribution is -0.138. The number of pyridine rings is 1. The first kappa shape index (κ1) is 19.3. The number of carbonyl (C=O) groups is 1. The lowest BCUT2D eigenvalue weighted by Crippen LogP contribution is -2.46. The third-order valence-corrected chi connectivity index (χ3v) is 5.57. The van der Waals surface area contributed by atoms with Gasteiger partial charge in [-0.05, 0) is 24.1 Å². The zero-order chi connectivity index (χ0) is 20.2. The molecule has 1 aliphatic heterocycles. The van der Waals surface area contributed by atoms with Gasteiger partial charge in [0.05, 0.1) is 17.7 Å². The Morgan fingerprint density at radius 3 is 2.69 bits per heavy atom. The van der Waals surface area contributed by atoms with Gasteiger partial charge in [-0.25, -0.2) is 4.98 Å². The second kappa shape index (κ2) is 8.57. The first-order valence-electron chi connectivity index (χ1n) is 10.1. The van der Waals surface area contributed by atoms with Crippen LogP contribution >= 0.6 is 0 Å². The minimum absolute atomic E-state index is 0.129. The quantitative estimate of drug-likeness (QED) is 0.650. The number of rotatable bonds is 6. The zero-order valence-electron chi connectivity index (χ0n) is 17.0. The number of hydrogen-bond donors (Lipinski definition) is 0. The number of nitrogens with zero attached hydrogens (tertiary/aromatic N) is 5. The molecular formula is C23H27N5O. The fourth-order valence-corrected chi connectivity index (χ4v) is 4.08. The molecule has 0 fully saturated rings. The van der Waals surface area contributed by atoms with E-state index in [9.17, 15) is 4.79 Å². The van der Waals surface area contributed by atoms with Crippen molar-refractivity contribution >= 4 is 5.91 Å². The van der Waals surface area contributed by atoms with Crippen LogP contribution in [0.15, 0.2) is 61.2 Å². The average molecular weight is 390 g/mol. The summed E-state index contributed by atoms with van der Waals surface area (Å²) in [6, 6.07) is 13.8. The number of fused-ring (bicyclic) bond motifs is 1. The lowest BCUT2D eigenvalue weighted by Gasteiger charge is -2.37. The van der Waals surface area contributed by atoms with Crippen LogP contribution in [0.25, 0.3) is 0 Å². The molecule has 0 saturated heterocycles. The van der Waals surface area contributed by atoms with Crippen LogP contribution in [0.3, 0.4) is 0 Å². The highest BCUT2D eigenvalue weighted by Crippen LogP contribution is 2.32. The smallest absolute Gasteiger partial charge is 0.246 e. The van der Waals surface area contributed by atoms with Gasteiger partial charge in [-0.3, -0.25) is 14.7 Å². The van der Waals surface area contributed by atoms with E-state index in [0.717, 1.165) is 35.5 Å². The molecule has 0 N–H and O–H groups in total. The Morgan fingerprint density at radius 2 is 1.97 bits per heavy atom. The Labute approximate surface area is 171 Å². The van der Waals surface area contributed by atoms with Crippen LogP contribution in [-0.2, 0) is 31.4 Å². The summed E-state index contributed by atoms with van der Waals surface area (Å²) in [7, 11) is 1.98. The van der Waals surface area contributed by atoms with Crippen LogP contribution < -0.4 is 0 Å². The van der Waals surface area contributed by atoms with Crippen molar-refractivity contribution in [2.24, 2.45) is 7.05 Å². The third kappa shape index (κ3) is 4.07. The number of carbonyl (C=O) groups excluding carboxylic acids is 1. The van der Waals surface area contributed by atoms with E-state index in [4.69, 9.17) is 0 Å². The number of benzene rings is 1. The number of imidazole rings is 1. The molecule has 29 heavy (non-hydrogen) atoms. The van der Waals surface area contributed by atoms with Crippen molar-refractivity contribution in [2.45, 2.75) is 32.5 Å². The van der Waals surface area contributed by atoms with Gasteiger partial charge in [0.2, 0.25) is 5.91 Å². The number of aromatic nitrogens is 3. The zero-order valence-corrected chi connectivity index (χ0v) is 17.0. The van der Waals surface area contributed by atoms with Gasteiger partial charge in [-0.1, -0.05) is 36.4 Å². The van der Waals surface area contributed by atoms with Crippen LogP contribution in [0.1, 0.15) is 35.5 Å². The summed E-state index contributed by atoms with van der Waals surface area (Å²) in [5, 5.41) is 0. The molecule has 1 aliphatic rings. The van der Waals surface area contributed by atoms with Gasteiger partial charge in [-0.15, -0.1) is 0 Å². The molecule has 1 aromatic carbocycles. The maximum Gasteiger partial charge on any atom is 0.246 e. The minimum Gasteiger partial charge on any atom is -0.337 e. The highest BCUT2D eigenvalue weighted by molar-refractivity contribution is 5.83. The van der Waals surface area contributed by atoms with Crippen molar-refractivity contribution in [3.8, 4) is 0 Å². The van der Waals surface area contributed by atoms with E-state index in [1.807, 2.05) is 60.2 Å². The molecule has 0 spiro atoms. The lowest BCUT2D eigenvalue weighted by atomic mass is 9.99. The molecular weight excluding hydrogens is 362 g/mol. The van der Waals surface area contributed by atoms with Gasteiger partial charge in [0.25, 0.3) is 0 Å². The molecule has 150 valence electrons. The number of hydrogen-bond acceptors (Lipinski definition) is 4. The molecule has 0 bridgehead atoms. The number of likely N-dealkylation sites (N-methyl/N-ethyl adjacent to an activating group) is 1. The second-order valence-electron chi connectivity index (χ2n) is 7.51. The summed E-state index contributed by atoms with van der Waals surface area (Å²) in [5.74, 6) is 0.129. The van der Waals surface area contributed by atoms with Crippen molar-refractivity contribution in [2.75, 3.05) is 13.1 Å². The molecule has 0 radical (unpaired) electrons. The van der Waals surface area contributed by atoms with E-state index >= 15 is 0 Å². The van der Waals surface area contributed by atoms with Gasteiger partial charge in [0, 0.05) is 52.0 Å². The predicted octanol–water partition coefficient (Wildman–Crippen LogP) is 2.96. The van der Waals surface area contributed by atoms with E-state index < -0.39 is 0 Å². The van der Waals surface area contributed by atoms with Gasteiger partial charge >= 0.3 is 0 Å². The van der Waals surface area contributed by atoms with Crippen LogP contribution in [0, 0.1) is 0 Å². The van der Waals surface area contributed by atoms with Crippen molar-refractivity contribution in [1.29, 1.82) is 0 Å². The first-order valence-corrected chi connectivity index (χ1v) is 10.1. The summed E-state index contributed by atoms with van der Waals surface area (Å²) in [6.45, 7) is 4.81. The van der Waals surface area contributed by atoms with Crippen molar-refractivity contribution in [1.82, 2.24) is 24.3 Å². The molecule has 3 aromatic rings. The van der Waals surface area contributed by atoms with Crippen molar-refractivity contribution in [3.63, 3.8) is 0 Å². The molecule has 3 heterocycles. The van der Waals surface area contributed by atoms with Crippen LogP contribution in [0.5, 0.6) is 0 Å². The molecule has 1 unspecified atom stereocenters. The summed E-state index contributed by atoms with van der Waals surface area (Å²) >= 11 is 0. The monoisotopic (exact) mass is 389 g/mol. The summed E-state index contributed by atoms with van der Waals surface area (Å²) in [6.07, 6.45) is 6.33. The van der Waals surface area contributed by atoms with E-state index in [2.05, 4.69) is 33.1 Å². The minimum atomic E-state index is -0.338. The third-order valence-electron chi connectivity index (χ3n) is 5.57. The van der Waals surface area contributed by atoms with E-state index in [-0.39, 0.29) is 11.9 Å². The Morgan fingerprint density at radius 1 is 1.17 bits per heavy atom. The van der Waals surface area contributed by atoms with E-state index in [0.29, 0.717) is 19.6 Å². The summed E-state index contributed by atoms with van der Waals surface area (Å²) < 4.78 is 2.00. The fraction of sp³-hybridized carbons (Fsp3) is 0.348. The first-order chi connectivity index (χ1) is 14.2. The molecule has 4 rings (SSSR count). The Hall–Kier alpha value is -2.99. The highest BCUT2D eigenvalue weighted by Gasteiger charge is 2.38. The van der Waals surface area contributed by atoms with Crippen molar-refractivity contribution in [3.05, 3.63) is 83.7 Å². The van der Waals surface area contributed by atoms with Crippen LogP contribution in [-0.4, -0.2) is 43.3 Å². The normalized spacial score (nSPS) is 16.4. The maximum absolute atomic E-state index is 13.8. The highest BCUT2D eigenvalue weighted by atomic mass is 16.2. The molecule has 6 nitrogen and oxygen atoms in total. The van der Waals surface area contributed by atoms with Gasteiger partial charge < -0.3 is 9.47 Å². The second-order valence-corrected chi connectivity index (χ2v) is 7.51. The predicted molar refractivity (Wildman–Crippen MR) is 112 cm³/mol. The van der Waals surface area contributed by atoms with Crippen molar-refractivity contribution < 1.29 is 4.79 Å². The van der Waals surface area contributed by atoms with E-state index in [1.165, 1.54) is 0 Å². The topological polar surface area (TPSA) is 54.3 Å². The van der Waals surface area contributed by atoms with E-state index in [1.54, 1.807) is 6.20 Å². The molecule has 1 amide bonds. The maximum atomic E-state index is 13.8. The molecule has 1 atom stereocenters. The molecule has 6 heteroatoms. The molecule has 2 aromatic heterocycles. The van der Waals surface area contributed by atoms with Gasteiger partial charge in [0.1, 0.15) is 6.04 Å². The number of amides is 1. The Balaban J connectivity index is 1.65. The standard InChI is InChI=1S/C23H27N5O/c1-3-27(15-18-8-5-4-6-9-18)23(29)22-21-20(25-17-26(21)2)11-13-28(22)16-19-10-7-12-24-14-19/h4-10,12,14,17,22H,3,11,13,15-16H2,1-2H3. The average Bonchev–Trinajstić information content (AvgIpc) is 3.14. The Kier molecular flexibility index (Phi) is 5.71. The fourth-order valence-electron chi connectivity index (χ4n) is 4.08. The van der Waals surface area contributed by atoms with Crippen LogP contribution in [0.2, 0.25) is 0 Å². The van der Waals surface area contributed by atoms with Crippen LogP contribution in [0.4, 0.5) is 0 Å². The Bertz CT molecular complexity index is 954. The molecule has 0 saturated carbocycles. The number of aryl methyl sites for hydroxylation is 1. The largest absolute Gasteiger partial charge is 0.337 e. The SMILES string of the molecule is CCN(Cc1ccccc1)C(=O)C1c2c(ncn2C)CCN1Cc1cccnc1. The molecule has 0 aliphatic carbocycles. The summed E-state index contributed by atoms with van der Waals surface area (Å²) in [4.78, 5) is 26.8.